The maximum Gasteiger partial charge on any atom is 0.419 e. The van der Waals surface area contributed by atoms with E-state index in [9.17, 15) is 13.2 Å². The van der Waals surface area contributed by atoms with Gasteiger partial charge in [-0.15, -0.1) is 10.2 Å². The molecule has 1 aromatic rings. The van der Waals surface area contributed by atoms with Crippen LogP contribution in [0.3, 0.4) is 0 Å². The van der Waals surface area contributed by atoms with Crippen LogP contribution in [0.5, 0.6) is 0 Å². The molecule has 3 nitrogen and oxygen atoms in total. The van der Waals surface area contributed by atoms with Crippen LogP contribution in [-0.4, -0.2) is 10.2 Å². The van der Waals surface area contributed by atoms with Gasteiger partial charge in [-0.3, -0.25) is 0 Å². The van der Waals surface area contributed by atoms with Crippen LogP contribution in [-0.2, 0) is 6.18 Å². The standard InChI is InChI=1S/C5H3ClF3N3/c6-4-2(5(7,8)9)1-3(10)11-12-4/h1H,(H2,10,11). The molecule has 0 aliphatic carbocycles. The molecule has 0 unspecified atom stereocenters. The van der Waals surface area contributed by atoms with E-state index in [0.29, 0.717) is 6.07 Å². The topological polar surface area (TPSA) is 51.8 Å². The van der Waals surface area contributed by atoms with Gasteiger partial charge in [-0.05, 0) is 6.07 Å². The Bertz CT molecular complexity index is 298. The van der Waals surface area contributed by atoms with Crippen LogP contribution in [0.4, 0.5) is 19.0 Å². The highest BCUT2D eigenvalue weighted by atomic mass is 35.5. The molecule has 1 rings (SSSR count). The molecule has 0 atom stereocenters. The largest absolute Gasteiger partial charge is 0.419 e. The maximum atomic E-state index is 12.0. The normalized spacial score (nSPS) is 11.7. The summed E-state index contributed by atoms with van der Waals surface area (Å²) in [6.45, 7) is 0. The SMILES string of the molecule is Nc1cc(C(F)(F)F)c(Cl)nn1. The molecule has 0 fully saturated rings. The Morgan fingerprint density at radius 1 is 1.33 bits per heavy atom. The monoisotopic (exact) mass is 197 g/mol. The van der Waals surface area contributed by atoms with Crippen LogP contribution < -0.4 is 5.73 Å². The molecule has 0 saturated heterocycles. The van der Waals surface area contributed by atoms with Crippen LogP contribution >= 0.6 is 11.6 Å². The number of hydrogen-bond donors (Lipinski definition) is 1. The third-order valence-corrected chi connectivity index (χ3v) is 1.35. The van der Waals surface area contributed by atoms with Crippen molar-refractivity contribution in [1.82, 2.24) is 10.2 Å². The molecule has 0 spiro atoms. The molecule has 12 heavy (non-hydrogen) atoms. The van der Waals surface area contributed by atoms with Crippen molar-refractivity contribution in [3.05, 3.63) is 16.8 Å². The van der Waals surface area contributed by atoms with Gasteiger partial charge < -0.3 is 5.73 Å². The minimum Gasteiger partial charge on any atom is -0.382 e. The lowest BCUT2D eigenvalue weighted by Crippen LogP contribution is -2.09. The lowest BCUT2D eigenvalue weighted by Gasteiger charge is -2.06. The van der Waals surface area contributed by atoms with Gasteiger partial charge in [0, 0.05) is 0 Å². The highest BCUT2D eigenvalue weighted by Gasteiger charge is 2.34. The molecule has 1 heterocycles. The van der Waals surface area contributed by atoms with Crippen LogP contribution in [0.25, 0.3) is 0 Å². The van der Waals surface area contributed by atoms with Crippen LogP contribution in [0.15, 0.2) is 6.07 Å². The summed E-state index contributed by atoms with van der Waals surface area (Å²) in [4.78, 5) is 0. The first-order valence-electron chi connectivity index (χ1n) is 2.77. The zero-order valence-corrected chi connectivity index (χ0v) is 6.32. The Morgan fingerprint density at radius 2 is 1.92 bits per heavy atom. The minimum absolute atomic E-state index is 0.313. The predicted molar refractivity (Wildman–Crippen MR) is 36.5 cm³/mol. The van der Waals surface area contributed by atoms with Gasteiger partial charge in [0.2, 0.25) is 0 Å². The molecular formula is C5H3ClF3N3. The molecule has 0 aromatic carbocycles. The molecule has 0 radical (unpaired) electrons. The summed E-state index contributed by atoms with van der Waals surface area (Å²) in [5, 5.41) is 5.47. The summed E-state index contributed by atoms with van der Waals surface area (Å²) in [6.07, 6.45) is -4.54. The molecular weight excluding hydrogens is 195 g/mol. The fraction of sp³-hybridized carbons (Fsp3) is 0.200. The van der Waals surface area contributed by atoms with E-state index in [1.54, 1.807) is 0 Å². The first-order chi connectivity index (χ1) is 5.41. The number of alkyl halides is 3. The van der Waals surface area contributed by atoms with E-state index in [1.807, 2.05) is 0 Å². The first-order valence-corrected chi connectivity index (χ1v) is 3.15. The molecule has 0 saturated carbocycles. The Morgan fingerprint density at radius 3 is 2.33 bits per heavy atom. The number of nitrogens with two attached hydrogens (primary N) is 1. The maximum absolute atomic E-state index is 12.0. The molecule has 2 N–H and O–H groups in total. The molecule has 0 aliphatic heterocycles. The third-order valence-electron chi connectivity index (χ3n) is 1.07. The molecule has 66 valence electrons. The quantitative estimate of drug-likeness (QED) is 0.689. The van der Waals surface area contributed by atoms with E-state index in [2.05, 4.69) is 10.2 Å². The van der Waals surface area contributed by atoms with Crippen molar-refractivity contribution in [3.63, 3.8) is 0 Å². The highest BCUT2D eigenvalue weighted by Crippen LogP contribution is 2.33. The van der Waals surface area contributed by atoms with Crippen molar-refractivity contribution in [2.24, 2.45) is 0 Å². The number of halogens is 4. The second kappa shape index (κ2) is 2.78. The molecule has 0 bridgehead atoms. The summed E-state index contributed by atoms with van der Waals surface area (Å²) >= 11 is 5.13. The lowest BCUT2D eigenvalue weighted by molar-refractivity contribution is -0.137. The Balaban J connectivity index is 3.23. The average Bonchev–Trinajstić information content (AvgIpc) is 1.92. The average molecular weight is 198 g/mol. The van der Waals surface area contributed by atoms with Gasteiger partial charge in [0.1, 0.15) is 5.82 Å². The molecule has 0 aliphatic rings. The number of rotatable bonds is 0. The Hall–Kier alpha value is -1.04. The zero-order valence-electron chi connectivity index (χ0n) is 5.56. The van der Waals surface area contributed by atoms with Gasteiger partial charge in [-0.2, -0.15) is 13.2 Å². The van der Waals surface area contributed by atoms with Crippen LogP contribution in [0.2, 0.25) is 5.15 Å². The summed E-state index contributed by atoms with van der Waals surface area (Å²) in [5.74, 6) is -0.313. The van der Waals surface area contributed by atoms with E-state index >= 15 is 0 Å². The van der Waals surface area contributed by atoms with Crippen molar-refractivity contribution >= 4 is 17.4 Å². The number of nitrogens with zero attached hydrogens (tertiary/aromatic N) is 2. The highest BCUT2D eigenvalue weighted by molar-refractivity contribution is 6.30. The van der Waals surface area contributed by atoms with Crippen molar-refractivity contribution in [3.8, 4) is 0 Å². The Kier molecular flexibility index (Phi) is 2.10. The van der Waals surface area contributed by atoms with E-state index in [1.165, 1.54) is 0 Å². The van der Waals surface area contributed by atoms with Crippen LogP contribution in [0.1, 0.15) is 5.56 Å². The summed E-state index contributed by atoms with van der Waals surface area (Å²) < 4.78 is 36.1. The van der Waals surface area contributed by atoms with Crippen molar-refractivity contribution < 1.29 is 13.2 Å². The molecule has 7 heteroatoms. The minimum atomic E-state index is -4.54. The number of nitrogen functional groups attached to an aromatic ring is 1. The fourth-order valence-corrected chi connectivity index (χ4v) is 0.790. The van der Waals surface area contributed by atoms with Gasteiger partial charge in [0.25, 0.3) is 0 Å². The van der Waals surface area contributed by atoms with Gasteiger partial charge in [0.15, 0.2) is 5.15 Å². The van der Waals surface area contributed by atoms with Gasteiger partial charge in [-0.1, -0.05) is 11.6 Å². The van der Waals surface area contributed by atoms with E-state index in [0.717, 1.165) is 0 Å². The number of aromatic nitrogens is 2. The summed E-state index contributed by atoms with van der Waals surface area (Å²) in [6, 6.07) is 0.634. The van der Waals surface area contributed by atoms with Gasteiger partial charge in [0.05, 0.1) is 5.56 Å². The molecule has 0 amide bonds. The van der Waals surface area contributed by atoms with E-state index < -0.39 is 16.9 Å². The summed E-state index contributed by atoms with van der Waals surface area (Å²) in [5.41, 5.74) is 3.92. The van der Waals surface area contributed by atoms with Crippen molar-refractivity contribution in [2.75, 3.05) is 5.73 Å². The van der Waals surface area contributed by atoms with Crippen molar-refractivity contribution in [2.45, 2.75) is 6.18 Å². The zero-order chi connectivity index (χ0) is 9.35. The fourth-order valence-electron chi connectivity index (χ4n) is 0.591. The van der Waals surface area contributed by atoms with Gasteiger partial charge >= 0.3 is 6.18 Å². The second-order valence-electron chi connectivity index (χ2n) is 1.97. The van der Waals surface area contributed by atoms with E-state index in [-0.39, 0.29) is 5.82 Å². The molecule has 1 aromatic heterocycles. The second-order valence-corrected chi connectivity index (χ2v) is 2.33. The number of anilines is 1. The summed E-state index contributed by atoms with van der Waals surface area (Å²) in [7, 11) is 0. The number of hydrogen-bond acceptors (Lipinski definition) is 3. The third kappa shape index (κ3) is 1.76. The van der Waals surface area contributed by atoms with Gasteiger partial charge in [-0.25, -0.2) is 0 Å². The Labute approximate surface area is 70.3 Å². The van der Waals surface area contributed by atoms with E-state index in [4.69, 9.17) is 17.3 Å². The van der Waals surface area contributed by atoms with Crippen LogP contribution in [0, 0.1) is 0 Å². The first kappa shape index (κ1) is 9.05. The lowest BCUT2D eigenvalue weighted by atomic mass is 10.3. The predicted octanol–water partition coefficient (Wildman–Crippen LogP) is 1.73. The smallest absolute Gasteiger partial charge is 0.382 e. The van der Waals surface area contributed by atoms with Crippen molar-refractivity contribution in [1.29, 1.82) is 0 Å².